The summed E-state index contributed by atoms with van der Waals surface area (Å²) < 4.78 is 5.61. The van der Waals surface area contributed by atoms with Crippen molar-refractivity contribution in [2.75, 3.05) is 33.3 Å². The summed E-state index contributed by atoms with van der Waals surface area (Å²) in [6, 6.07) is 0. The molecule has 0 amide bonds. The van der Waals surface area contributed by atoms with Crippen molar-refractivity contribution in [3.8, 4) is 0 Å². The molecule has 0 spiro atoms. The first-order valence-electron chi connectivity index (χ1n) is 4.37. The van der Waals surface area contributed by atoms with E-state index < -0.39 is 0 Å². The van der Waals surface area contributed by atoms with E-state index in [9.17, 15) is 0 Å². The Balaban J connectivity index is 2.18. The van der Waals surface area contributed by atoms with Gasteiger partial charge in [0.25, 0.3) is 0 Å². The normalized spacial score (nSPS) is 27.3. The van der Waals surface area contributed by atoms with Crippen LogP contribution in [0.2, 0.25) is 0 Å². The summed E-state index contributed by atoms with van der Waals surface area (Å²) in [7, 11) is 2.11. The van der Waals surface area contributed by atoms with E-state index >= 15 is 0 Å². The van der Waals surface area contributed by atoms with Crippen LogP contribution in [0.25, 0.3) is 0 Å². The maximum Gasteiger partial charge on any atom is 0.122 e. The molecule has 1 rings (SSSR count). The number of nitrogens with one attached hydrogen (secondary N) is 1. The van der Waals surface area contributed by atoms with Gasteiger partial charge in [-0.2, -0.15) is 0 Å². The number of ether oxygens (including phenoxy) is 1. The molecule has 11 heavy (non-hydrogen) atoms. The van der Waals surface area contributed by atoms with Crippen LogP contribution in [0.15, 0.2) is 0 Å². The van der Waals surface area contributed by atoms with Gasteiger partial charge in [0.05, 0.1) is 0 Å². The lowest BCUT2D eigenvalue weighted by Crippen LogP contribution is -2.50. The van der Waals surface area contributed by atoms with Gasteiger partial charge in [0.1, 0.15) is 6.23 Å². The Kier molecular flexibility index (Phi) is 3.83. The van der Waals surface area contributed by atoms with Gasteiger partial charge in [0, 0.05) is 26.2 Å². The Morgan fingerprint density at radius 3 is 3.09 bits per heavy atom. The van der Waals surface area contributed by atoms with E-state index in [1.807, 2.05) is 0 Å². The lowest BCUT2D eigenvalue weighted by atomic mass is 10.3. The Morgan fingerprint density at radius 2 is 2.45 bits per heavy atom. The van der Waals surface area contributed by atoms with Gasteiger partial charge >= 0.3 is 0 Å². The fourth-order valence-electron chi connectivity index (χ4n) is 1.22. The number of piperazine rings is 1. The molecule has 1 atom stereocenters. The predicted molar refractivity (Wildman–Crippen MR) is 45.5 cm³/mol. The van der Waals surface area contributed by atoms with Gasteiger partial charge in [-0.05, 0) is 13.5 Å². The van der Waals surface area contributed by atoms with Gasteiger partial charge in [-0.25, -0.2) is 0 Å². The lowest BCUT2D eigenvalue weighted by Gasteiger charge is -2.32. The summed E-state index contributed by atoms with van der Waals surface area (Å²) in [6.07, 6.45) is 1.40. The highest BCUT2D eigenvalue weighted by Crippen LogP contribution is 2.01. The zero-order valence-electron chi connectivity index (χ0n) is 7.47. The Hall–Kier alpha value is -0.120. The Bertz CT molecular complexity index is 108. The zero-order chi connectivity index (χ0) is 8.10. The number of hydrogen-bond donors (Lipinski definition) is 1. The molecular weight excluding hydrogens is 140 g/mol. The summed E-state index contributed by atoms with van der Waals surface area (Å²) >= 11 is 0. The molecule has 1 fully saturated rings. The quantitative estimate of drug-likeness (QED) is 0.638. The Labute approximate surface area is 68.7 Å². The smallest absolute Gasteiger partial charge is 0.122 e. The molecule has 0 aromatic carbocycles. The summed E-state index contributed by atoms with van der Waals surface area (Å²) in [5.74, 6) is 0. The summed E-state index contributed by atoms with van der Waals surface area (Å²) in [5.41, 5.74) is 0. The minimum atomic E-state index is 0.295. The molecular formula is C8H18N2O. The molecule has 66 valence electrons. The molecule has 0 aliphatic carbocycles. The SMILES string of the molecule is CCCOC1CNCCN1C. The third-order valence-corrected chi connectivity index (χ3v) is 1.97. The fourth-order valence-corrected chi connectivity index (χ4v) is 1.22. The van der Waals surface area contributed by atoms with E-state index in [1.54, 1.807) is 0 Å². The van der Waals surface area contributed by atoms with Crippen molar-refractivity contribution in [1.82, 2.24) is 10.2 Å². The highest BCUT2D eigenvalue weighted by atomic mass is 16.5. The van der Waals surface area contributed by atoms with Crippen molar-refractivity contribution in [1.29, 1.82) is 0 Å². The van der Waals surface area contributed by atoms with E-state index in [1.165, 1.54) is 0 Å². The van der Waals surface area contributed by atoms with Crippen molar-refractivity contribution in [2.24, 2.45) is 0 Å². The molecule has 0 radical (unpaired) electrons. The van der Waals surface area contributed by atoms with E-state index in [0.717, 1.165) is 32.7 Å². The van der Waals surface area contributed by atoms with Crippen LogP contribution in [0, 0.1) is 0 Å². The molecule has 3 heteroatoms. The zero-order valence-corrected chi connectivity index (χ0v) is 7.47. The highest BCUT2D eigenvalue weighted by molar-refractivity contribution is 4.69. The maximum atomic E-state index is 5.61. The fraction of sp³-hybridized carbons (Fsp3) is 1.00. The van der Waals surface area contributed by atoms with Gasteiger partial charge in [-0.1, -0.05) is 6.92 Å². The van der Waals surface area contributed by atoms with Crippen molar-refractivity contribution in [2.45, 2.75) is 19.6 Å². The molecule has 0 saturated carbocycles. The molecule has 0 bridgehead atoms. The van der Waals surface area contributed by atoms with Crippen LogP contribution < -0.4 is 5.32 Å². The minimum absolute atomic E-state index is 0.295. The minimum Gasteiger partial charge on any atom is -0.362 e. The first-order chi connectivity index (χ1) is 5.34. The predicted octanol–water partition coefficient (Wildman–Crippen LogP) is 0.274. The first-order valence-corrected chi connectivity index (χ1v) is 4.37. The number of likely N-dealkylation sites (N-methyl/N-ethyl adjacent to an activating group) is 1. The van der Waals surface area contributed by atoms with E-state index in [2.05, 4.69) is 24.2 Å². The Morgan fingerprint density at radius 1 is 1.64 bits per heavy atom. The summed E-state index contributed by atoms with van der Waals surface area (Å²) in [5, 5.41) is 3.31. The second kappa shape index (κ2) is 4.70. The average Bonchev–Trinajstić information content (AvgIpc) is 2.03. The molecule has 0 aromatic heterocycles. The van der Waals surface area contributed by atoms with Crippen LogP contribution in [0.4, 0.5) is 0 Å². The van der Waals surface area contributed by atoms with Gasteiger partial charge in [-0.15, -0.1) is 0 Å². The van der Waals surface area contributed by atoms with Crippen LogP contribution in [0.1, 0.15) is 13.3 Å². The lowest BCUT2D eigenvalue weighted by molar-refractivity contribution is -0.0577. The maximum absolute atomic E-state index is 5.61. The molecule has 3 nitrogen and oxygen atoms in total. The van der Waals surface area contributed by atoms with Gasteiger partial charge in [0.2, 0.25) is 0 Å². The van der Waals surface area contributed by atoms with Crippen molar-refractivity contribution >= 4 is 0 Å². The first kappa shape index (κ1) is 8.97. The monoisotopic (exact) mass is 158 g/mol. The van der Waals surface area contributed by atoms with E-state index in [0.29, 0.717) is 6.23 Å². The van der Waals surface area contributed by atoms with Crippen LogP contribution in [-0.2, 0) is 4.74 Å². The van der Waals surface area contributed by atoms with Crippen molar-refractivity contribution in [3.05, 3.63) is 0 Å². The number of rotatable bonds is 3. The second-order valence-corrected chi connectivity index (χ2v) is 3.01. The molecule has 1 saturated heterocycles. The second-order valence-electron chi connectivity index (χ2n) is 3.01. The van der Waals surface area contributed by atoms with Crippen LogP contribution in [0.3, 0.4) is 0 Å². The summed E-state index contributed by atoms with van der Waals surface area (Å²) in [4.78, 5) is 2.26. The van der Waals surface area contributed by atoms with Crippen molar-refractivity contribution in [3.63, 3.8) is 0 Å². The third-order valence-electron chi connectivity index (χ3n) is 1.97. The van der Waals surface area contributed by atoms with E-state index in [-0.39, 0.29) is 0 Å². The van der Waals surface area contributed by atoms with Crippen molar-refractivity contribution < 1.29 is 4.74 Å². The van der Waals surface area contributed by atoms with Crippen LogP contribution >= 0.6 is 0 Å². The largest absolute Gasteiger partial charge is 0.362 e. The number of hydrogen-bond acceptors (Lipinski definition) is 3. The molecule has 1 aliphatic heterocycles. The van der Waals surface area contributed by atoms with E-state index in [4.69, 9.17) is 4.74 Å². The standard InChI is InChI=1S/C8H18N2O/c1-3-6-11-8-7-9-4-5-10(8)2/h8-9H,3-7H2,1-2H3. The molecule has 1 heterocycles. The molecule has 1 unspecified atom stereocenters. The number of nitrogens with zero attached hydrogens (tertiary/aromatic N) is 1. The van der Waals surface area contributed by atoms with Gasteiger partial charge in [-0.3, -0.25) is 4.90 Å². The molecule has 0 aromatic rings. The summed E-state index contributed by atoms with van der Waals surface area (Å²) in [6.45, 7) is 6.15. The highest BCUT2D eigenvalue weighted by Gasteiger charge is 2.17. The molecule has 1 aliphatic rings. The molecule has 1 N–H and O–H groups in total. The third kappa shape index (κ3) is 2.77. The van der Waals surface area contributed by atoms with Crippen LogP contribution in [-0.4, -0.2) is 44.4 Å². The average molecular weight is 158 g/mol. The van der Waals surface area contributed by atoms with Crippen LogP contribution in [0.5, 0.6) is 0 Å². The topological polar surface area (TPSA) is 24.5 Å². The van der Waals surface area contributed by atoms with Gasteiger partial charge in [0.15, 0.2) is 0 Å². The van der Waals surface area contributed by atoms with Gasteiger partial charge < -0.3 is 10.1 Å².